The summed E-state index contributed by atoms with van der Waals surface area (Å²) in [6.07, 6.45) is 0.731. The highest BCUT2D eigenvalue weighted by Crippen LogP contribution is 2.11. The molecular weight excluding hydrogens is 304 g/mol. The quantitative estimate of drug-likeness (QED) is 0.653. The maximum atomic E-state index is 11.8. The summed E-state index contributed by atoms with van der Waals surface area (Å²) in [6, 6.07) is 15.1. The Balaban J connectivity index is 1.60. The third-order valence-electron chi connectivity index (χ3n) is 3.62. The second-order valence-electron chi connectivity index (χ2n) is 5.55. The van der Waals surface area contributed by atoms with Crippen molar-refractivity contribution in [3.05, 3.63) is 65.2 Å². The van der Waals surface area contributed by atoms with Gasteiger partial charge >= 0.3 is 6.03 Å². The van der Waals surface area contributed by atoms with Crippen molar-refractivity contribution in [2.75, 3.05) is 13.2 Å². The number of aliphatic hydroxyl groups excluding tert-OH is 1. The first-order valence-electron chi connectivity index (χ1n) is 8.08. The molecule has 0 aliphatic rings. The molecule has 5 heteroatoms. The predicted octanol–water partition coefficient (Wildman–Crippen LogP) is 2.76. The summed E-state index contributed by atoms with van der Waals surface area (Å²) in [6.45, 7) is 3.49. The number of hydrogen-bond acceptors (Lipinski definition) is 3. The van der Waals surface area contributed by atoms with Gasteiger partial charge in [-0.3, -0.25) is 0 Å². The van der Waals surface area contributed by atoms with Crippen LogP contribution in [0.4, 0.5) is 4.79 Å². The van der Waals surface area contributed by atoms with Crippen LogP contribution in [0, 0.1) is 6.92 Å². The molecule has 5 nitrogen and oxygen atoms in total. The lowest BCUT2D eigenvalue weighted by Gasteiger charge is -2.10. The Morgan fingerprint density at radius 3 is 2.46 bits per heavy atom. The normalized spacial score (nSPS) is 10.2. The minimum absolute atomic E-state index is 0.0319. The molecule has 0 radical (unpaired) electrons. The number of amides is 2. The largest absolute Gasteiger partial charge is 0.494 e. The highest BCUT2D eigenvalue weighted by atomic mass is 16.5. The zero-order valence-electron chi connectivity index (χ0n) is 13.9. The number of carbonyl (C=O) groups is 1. The van der Waals surface area contributed by atoms with Crippen LogP contribution in [-0.2, 0) is 13.2 Å². The van der Waals surface area contributed by atoms with Crippen LogP contribution in [0.1, 0.15) is 23.1 Å². The van der Waals surface area contributed by atoms with E-state index in [0.717, 1.165) is 23.3 Å². The summed E-state index contributed by atoms with van der Waals surface area (Å²) in [5.74, 6) is 0.839. The Morgan fingerprint density at radius 1 is 1.04 bits per heavy atom. The first-order valence-corrected chi connectivity index (χ1v) is 8.08. The monoisotopic (exact) mass is 328 g/mol. The number of carbonyl (C=O) groups excluding carboxylic acids is 1. The van der Waals surface area contributed by atoms with Crippen LogP contribution >= 0.6 is 0 Å². The number of benzene rings is 2. The van der Waals surface area contributed by atoms with Crippen molar-refractivity contribution >= 4 is 6.03 Å². The topological polar surface area (TPSA) is 70.6 Å². The van der Waals surface area contributed by atoms with Gasteiger partial charge < -0.3 is 20.5 Å². The van der Waals surface area contributed by atoms with Crippen LogP contribution in [0.25, 0.3) is 0 Å². The molecule has 24 heavy (non-hydrogen) atoms. The minimum Gasteiger partial charge on any atom is -0.494 e. The van der Waals surface area contributed by atoms with Crippen LogP contribution in [0.3, 0.4) is 0 Å². The molecule has 2 amide bonds. The van der Waals surface area contributed by atoms with E-state index in [1.54, 1.807) is 0 Å². The van der Waals surface area contributed by atoms with E-state index in [1.165, 1.54) is 5.56 Å². The standard InChI is InChI=1S/C19H24N2O3/c1-15-7-9-18(10-8-15)24-12-4-11-20-19(23)21-13-16-5-2-3-6-17(16)14-22/h2-3,5-10,22H,4,11-14H2,1H3,(H2,20,21,23). The van der Waals surface area contributed by atoms with Gasteiger partial charge in [0, 0.05) is 13.1 Å². The molecule has 0 spiro atoms. The number of aryl methyl sites for hydroxylation is 1. The van der Waals surface area contributed by atoms with Crippen molar-refractivity contribution in [2.24, 2.45) is 0 Å². The van der Waals surface area contributed by atoms with Crippen molar-refractivity contribution in [2.45, 2.75) is 26.5 Å². The smallest absolute Gasteiger partial charge is 0.315 e. The number of hydrogen-bond donors (Lipinski definition) is 3. The van der Waals surface area contributed by atoms with Crippen LogP contribution in [-0.4, -0.2) is 24.3 Å². The van der Waals surface area contributed by atoms with Crippen molar-refractivity contribution in [3.8, 4) is 5.75 Å². The summed E-state index contributed by atoms with van der Waals surface area (Å²) >= 11 is 0. The van der Waals surface area contributed by atoms with Gasteiger partial charge in [-0.15, -0.1) is 0 Å². The fourth-order valence-electron chi connectivity index (χ4n) is 2.22. The predicted molar refractivity (Wildman–Crippen MR) is 93.9 cm³/mol. The zero-order chi connectivity index (χ0) is 17.2. The van der Waals surface area contributed by atoms with Gasteiger partial charge in [0.1, 0.15) is 5.75 Å². The molecule has 2 aromatic carbocycles. The third-order valence-corrected chi connectivity index (χ3v) is 3.62. The van der Waals surface area contributed by atoms with Crippen LogP contribution in [0.2, 0.25) is 0 Å². The number of urea groups is 1. The Bertz CT molecular complexity index is 641. The van der Waals surface area contributed by atoms with Crippen molar-refractivity contribution in [1.29, 1.82) is 0 Å². The van der Waals surface area contributed by atoms with Gasteiger partial charge in [-0.25, -0.2) is 4.79 Å². The fourth-order valence-corrected chi connectivity index (χ4v) is 2.22. The van der Waals surface area contributed by atoms with Crippen LogP contribution in [0.15, 0.2) is 48.5 Å². The van der Waals surface area contributed by atoms with Crippen LogP contribution in [0.5, 0.6) is 5.75 Å². The Kier molecular flexibility index (Phi) is 7.11. The lowest BCUT2D eigenvalue weighted by Crippen LogP contribution is -2.36. The Hall–Kier alpha value is -2.53. The summed E-state index contributed by atoms with van der Waals surface area (Å²) in [4.78, 5) is 11.8. The Labute approximate surface area is 142 Å². The van der Waals surface area contributed by atoms with Crippen molar-refractivity contribution in [1.82, 2.24) is 10.6 Å². The Morgan fingerprint density at radius 2 is 1.75 bits per heavy atom. The molecule has 0 heterocycles. The second-order valence-corrected chi connectivity index (χ2v) is 5.55. The highest BCUT2D eigenvalue weighted by Gasteiger charge is 2.03. The maximum Gasteiger partial charge on any atom is 0.315 e. The number of nitrogens with one attached hydrogen (secondary N) is 2. The summed E-state index contributed by atoms with van der Waals surface area (Å²) < 4.78 is 5.60. The highest BCUT2D eigenvalue weighted by molar-refractivity contribution is 5.73. The molecule has 0 bridgehead atoms. The molecule has 3 N–H and O–H groups in total. The zero-order valence-corrected chi connectivity index (χ0v) is 13.9. The fraction of sp³-hybridized carbons (Fsp3) is 0.316. The van der Waals surface area contributed by atoms with Crippen molar-refractivity contribution in [3.63, 3.8) is 0 Å². The van der Waals surface area contributed by atoms with E-state index in [1.807, 2.05) is 55.5 Å². The maximum absolute atomic E-state index is 11.8. The summed E-state index contributed by atoms with van der Waals surface area (Å²) in [5, 5.41) is 14.8. The molecule has 0 fully saturated rings. The first kappa shape index (κ1) is 17.8. The molecule has 0 aliphatic carbocycles. The van der Waals surface area contributed by atoms with E-state index in [-0.39, 0.29) is 12.6 Å². The van der Waals surface area contributed by atoms with E-state index in [4.69, 9.17) is 4.74 Å². The average Bonchev–Trinajstić information content (AvgIpc) is 2.61. The molecule has 0 atom stereocenters. The van der Waals surface area contributed by atoms with Gasteiger partial charge in [-0.1, -0.05) is 42.0 Å². The third kappa shape index (κ3) is 5.93. The molecule has 0 aromatic heterocycles. The van der Waals surface area contributed by atoms with Crippen LogP contribution < -0.4 is 15.4 Å². The second kappa shape index (κ2) is 9.57. The van der Waals surface area contributed by atoms with E-state index in [9.17, 15) is 9.90 Å². The average molecular weight is 328 g/mol. The SMILES string of the molecule is Cc1ccc(OCCCNC(=O)NCc2ccccc2CO)cc1. The van der Waals surface area contributed by atoms with Gasteiger partial charge in [0.2, 0.25) is 0 Å². The number of aliphatic hydroxyl groups is 1. The van der Waals surface area contributed by atoms with Gasteiger partial charge in [-0.05, 0) is 36.6 Å². The summed E-state index contributed by atoms with van der Waals surface area (Å²) in [7, 11) is 0. The van der Waals surface area contributed by atoms with E-state index in [2.05, 4.69) is 10.6 Å². The molecule has 2 aromatic rings. The molecule has 2 rings (SSSR count). The van der Waals surface area contributed by atoms with E-state index < -0.39 is 0 Å². The van der Waals surface area contributed by atoms with Gasteiger partial charge in [-0.2, -0.15) is 0 Å². The first-order chi connectivity index (χ1) is 11.7. The molecule has 0 unspecified atom stereocenters. The lowest BCUT2D eigenvalue weighted by molar-refractivity contribution is 0.238. The molecular formula is C19H24N2O3. The molecule has 0 aliphatic heterocycles. The lowest BCUT2D eigenvalue weighted by atomic mass is 10.1. The van der Waals surface area contributed by atoms with Gasteiger partial charge in [0.25, 0.3) is 0 Å². The molecule has 0 saturated carbocycles. The van der Waals surface area contributed by atoms with E-state index in [0.29, 0.717) is 19.7 Å². The summed E-state index contributed by atoms with van der Waals surface area (Å²) in [5.41, 5.74) is 2.94. The van der Waals surface area contributed by atoms with Crippen molar-refractivity contribution < 1.29 is 14.6 Å². The minimum atomic E-state index is -0.224. The van der Waals surface area contributed by atoms with E-state index >= 15 is 0 Å². The molecule has 128 valence electrons. The number of ether oxygens (including phenoxy) is 1. The number of rotatable bonds is 8. The molecule has 0 saturated heterocycles. The van der Waals surface area contributed by atoms with Gasteiger partial charge in [0.15, 0.2) is 0 Å². The van der Waals surface area contributed by atoms with Gasteiger partial charge in [0.05, 0.1) is 13.2 Å².